The van der Waals surface area contributed by atoms with E-state index in [1.165, 1.54) is 5.56 Å². The number of fused-ring (bicyclic) bond motifs is 1. The number of nitrogens with two attached hydrogens (primary N) is 1. The number of rotatable bonds is 5. The van der Waals surface area contributed by atoms with E-state index in [0.29, 0.717) is 13.0 Å². The molecule has 1 aliphatic rings. The van der Waals surface area contributed by atoms with Crippen LogP contribution in [0.1, 0.15) is 38.3 Å². The van der Waals surface area contributed by atoms with E-state index in [2.05, 4.69) is 13.8 Å². The van der Waals surface area contributed by atoms with Crippen molar-refractivity contribution in [1.29, 1.82) is 0 Å². The van der Waals surface area contributed by atoms with E-state index < -0.39 is 0 Å². The molecule has 2 atom stereocenters. The Morgan fingerprint density at radius 1 is 1.50 bits per heavy atom. The number of benzene rings is 1. The number of ether oxygens (including phenoxy) is 1. The van der Waals surface area contributed by atoms with Gasteiger partial charge >= 0.3 is 5.97 Å². The number of carbonyl (C=O) groups is 1. The fraction of sp³-hybridized carbons (Fsp3) is 0.588. The summed E-state index contributed by atoms with van der Waals surface area (Å²) in [6.45, 7) is 6.48. The van der Waals surface area contributed by atoms with E-state index in [0.717, 1.165) is 17.7 Å². The van der Waals surface area contributed by atoms with E-state index >= 15 is 0 Å². The quantitative estimate of drug-likeness (QED) is 0.815. The lowest BCUT2D eigenvalue weighted by Gasteiger charge is -2.43. The lowest BCUT2D eigenvalue weighted by Crippen LogP contribution is -2.52. The van der Waals surface area contributed by atoms with Gasteiger partial charge in [-0.05, 0) is 36.6 Å². The Labute approximate surface area is 136 Å². The largest absolute Gasteiger partial charge is 0.508 e. The van der Waals surface area contributed by atoms with Gasteiger partial charge in [0.1, 0.15) is 5.75 Å². The molecule has 3 N–H and O–H groups in total. The molecule has 0 aromatic heterocycles. The standard InChI is InChI=1S/C17H25NO3S/c1-4-21-15(20)7-8-22-14-9-11-5-6-12(19)10-13(11)17(2,3)16(14)18/h5-6,10,14,16,19H,4,7-9,18H2,1-3H3. The predicted molar refractivity (Wildman–Crippen MR) is 90.3 cm³/mol. The molecule has 1 aromatic carbocycles. The Morgan fingerprint density at radius 2 is 2.23 bits per heavy atom. The minimum atomic E-state index is -0.200. The summed E-state index contributed by atoms with van der Waals surface area (Å²) in [5.41, 5.74) is 8.64. The molecule has 5 heteroatoms. The topological polar surface area (TPSA) is 72.5 Å². The Hall–Kier alpha value is -1.20. The van der Waals surface area contributed by atoms with Crippen molar-refractivity contribution in [3.63, 3.8) is 0 Å². The summed E-state index contributed by atoms with van der Waals surface area (Å²) >= 11 is 1.74. The van der Waals surface area contributed by atoms with Gasteiger partial charge in [0.05, 0.1) is 13.0 Å². The number of phenols is 1. The Kier molecular flexibility index (Phi) is 5.40. The highest BCUT2D eigenvalue weighted by atomic mass is 32.2. The molecule has 0 fully saturated rings. The van der Waals surface area contributed by atoms with E-state index in [1.54, 1.807) is 17.8 Å². The summed E-state index contributed by atoms with van der Waals surface area (Å²) in [5.74, 6) is 0.858. The Bertz CT molecular complexity index is 545. The second kappa shape index (κ2) is 6.92. The molecule has 2 rings (SSSR count). The molecule has 0 aliphatic heterocycles. The summed E-state index contributed by atoms with van der Waals surface area (Å²) in [6, 6.07) is 5.52. The van der Waals surface area contributed by atoms with Gasteiger partial charge in [0.15, 0.2) is 0 Å². The van der Waals surface area contributed by atoms with E-state index in [-0.39, 0.29) is 28.4 Å². The minimum absolute atomic E-state index is 0.0194. The molecule has 0 spiro atoms. The van der Waals surface area contributed by atoms with Crippen molar-refractivity contribution in [2.45, 2.75) is 50.3 Å². The van der Waals surface area contributed by atoms with Crippen LogP contribution in [-0.4, -0.2) is 34.7 Å². The molecule has 0 amide bonds. The maximum atomic E-state index is 11.4. The van der Waals surface area contributed by atoms with Gasteiger partial charge in [0, 0.05) is 22.5 Å². The summed E-state index contributed by atoms with van der Waals surface area (Å²) in [7, 11) is 0. The van der Waals surface area contributed by atoms with Crippen LogP contribution >= 0.6 is 11.8 Å². The van der Waals surface area contributed by atoms with Crippen molar-refractivity contribution in [1.82, 2.24) is 0 Å². The predicted octanol–water partition coefficient (Wildman–Crippen LogP) is 2.61. The zero-order valence-corrected chi connectivity index (χ0v) is 14.3. The molecule has 1 aliphatic carbocycles. The summed E-state index contributed by atoms with van der Waals surface area (Å²) in [5, 5.41) is 9.99. The number of carbonyl (C=O) groups excluding carboxylic acids is 1. The van der Waals surface area contributed by atoms with Gasteiger partial charge in [-0.25, -0.2) is 0 Å². The first-order valence-electron chi connectivity index (χ1n) is 7.71. The summed E-state index contributed by atoms with van der Waals surface area (Å²) in [4.78, 5) is 11.4. The number of phenolic OH excluding ortho intramolecular Hbond substituents is 1. The second-order valence-corrected chi connectivity index (χ2v) is 7.60. The van der Waals surface area contributed by atoms with Crippen LogP contribution < -0.4 is 5.73 Å². The molecule has 4 nitrogen and oxygen atoms in total. The van der Waals surface area contributed by atoms with E-state index in [1.807, 2.05) is 19.1 Å². The van der Waals surface area contributed by atoms with Crippen LogP contribution in [0.25, 0.3) is 0 Å². The number of esters is 1. The average molecular weight is 323 g/mol. The van der Waals surface area contributed by atoms with Crippen LogP contribution in [0.15, 0.2) is 18.2 Å². The molecule has 1 aromatic rings. The third-order valence-electron chi connectivity index (χ3n) is 4.39. The highest BCUT2D eigenvalue weighted by Crippen LogP contribution is 2.41. The first-order valence-corrected chi connectivity index (χ1v) is 8.76. The van der Waals surface area contributed by atoms with Crippen molar-refractivity contribution in [3.8, 4) is 5.75 Å². The molecule has 122 valence electrons. The molecular formula is C17H25NO3S. The van der Waals surface area contributed by atoms with Crippen molar-refractivity contribution in [2.24, 2.45) is 5.73 Å². The van der Waals surface area contributed by atoms with Crippen LogP contribution in [0.4, 0.5) is 0 Å². The van der Waals surface area contributed by atoms with Crippen molar-refractivity contribution in [2.75, 3.05) is 12.4 Å². The zero-order chi connectivity index (χ0) is 16.3. The molecule has 2 unspecified atom stereocenters. The Morgan fingerprint density at radius 3 is 2.91 bits per heavy atom. The lowest BCUT2D eigenvalue weighted by molar-refractivity contribution is -0.142. The number of hydrogen-bond acceptors (Lipinski definition) is 5. The molecule has 0 saturated heterocycles. The minimum Gasteiger partial charge on any atom is -0.508 e. The van der Waals surface area contributed by atoms with Gasteiger partial charge in [0.25, 0.3) is 0 Å². The molecular weight excluding hydrogens is 298 g/mol. The van der Waals surface area contributed by atoms with Crippen LogP contribution in [0.3, 0.4) is 0 Å². The average Bonchev–Trinajstić information content (AvgIpc) is 2.46. The summed E-state index contributed by atoms with van der Waals surface area (Å²) in [6.07, 6.45) is 1.29. The second-order valence-electron chi connectivity index (χ2n) is 6.26. The van der Waals surface area contributed by atoms with Crippen LogP contribution in [0, 0.1) is 0 Å². The number of aromatic hydroxyl groups is 1. The van der Waals surface area contributed by atoms with Gasteiger partial charge in [0.2, 0.25) is 0 Å². The fourth-order valence-corrected chi connectivity index (χ4v) is 4.45. The van der Waals surface area contributed by atoms with Crippen LogP contribution in [-0.2, 0) is 21.4 Å². The van der Waals surface area contributed by atoms with Gasteiger partial charge in [-0.15, -0.1) is 0 Å². The SMILES string of the molecule is CCOC(=O)CCSC1Cc2ccc(O)cc2C(C)(C)C1N. The van der Waals surface area contributed by atoms with Crippen molar-refractivity contribution >= 4 is 17.7 Å². The molecule has 0 radical (unpaired) electrons. The van der Waals surface area contributed by atoms with Gasteiger partial charge in [-0.1, -0.05) is 19.9 Å². The van der Waals surface area contributed by atoms with Gasteiger partial charge in [-0.3, -0.25) is 4.79 Å². The first-order chi connectivity index (χ1) is 10.4. The maximum absolute atomic E-state index is 11.4. The Balaban J connectivity index is 2.06. The van der Waals surface area contributed by atoms with E-state index in [9.17, 15) is 9.90 Å². The zero-order valence-electron chi connectivity index (χ0n) is 13.5. The maximum Gasteiger partial charge on any atom is 0.306 e. The normalized spacial score (nSPS) is 22.9. The molecule has 0 heterocycles. The van der Waals surface area contributed by atoms with E-state index in [4.69, 9.17) is 10.5 Å². The third kappa shape index (κ3) is 3.58. The van der Waals surface area contributed by atoms with Gasteiger partial charge in [-0.2, -0.15) is 11.8 Å². The van der Waals surface area contributed by atoms with Crippen LogP contribution in [0.5, 0.6) is 5.75 Å². The molecule has 0 bridgehead atoms. The monoisotopic (exact) mass is 323 g/mol. The smallest absolute Gasteiger partial charge is 0.306 e. The van der Waals surface area contributed by atoms with Crippen molar-refractivity contribution < 1.29 is 14.6 Å². The number of hydrogen-bond donors (Lipinski definition) is 2. The summed E-state index contributed by atoms with van der Waals surface area (Å²) < 4.78 is 4.96. The lowest BCUT2D eigenvalue weighted by atomic mass is 9.69. The van der Waals surface area contributed by atoms with Crippen molar-refractivity contribution in [3.05, 3.63) is 29.3 Å². The molecule has 0 saturated carbocycles. The fourth-order valence-electron chi connectivity index (χ4n) is 3.02. The van der Waals surface area contributed by atoms with Crippen LogP contribution in [0.2, 0.25) is 0 Å². The number of thioether (sulfide) groups is 1. The first kappa shape index (κ1) is 17.2. The highest BCUT2D eigenvalue weighted by Gasteiger charge is 2.40. The van der Waals surface area contributed by atoms with Gasteiger partial charge < -0.3 is 15.6 Å². The highest BCUT2D eigenvalue weighted by molar-refractivity contribution is 8.00. The third-order valence-corrected chi connectivity index (χ3v) is 5.71. The molecule has 22 heavy (non-hydrogen) atoms.